The zero-order chi connectivity index (χ0) is 37.7. The second-order valence-electron chi connectivity index (χ2n) is 15.5. The number of hydrogen-bond donors (Lipinski definition) is 2. The van der Waals surface area contributed by atoms with Gasteiger partial charge in [-0.05, 0) is 18.8 Å². The van der Waals surface area contributed by atoms with E-state index in [1.165, 1.54) is 161 Å². The van der Waals surface area contributed by atoms with Crippen LogP contribution in [0.25, 0.3) is 0 Å². The van der Waals surface area contributed by atoms with E-state index in [1.807, 2.05) is 0 Å². The van der Waals surface area contributed by atoms with Crippen LogP contribution in [-0.4, -0.2) is 41.0 Å². The summed E-state index contributed by atoms with van der Waals surface area (Å²) < 4.78 is 26.4. The zero-order valence-electron chi connectivity index (χ0n) is 33.7. The molecule has 0 aliphatic carbocycles. The first-order valence-corrected chi connectivity index (χ1v) is 23.2. The highest BCUT2D eigenvalue weighted by molar-refractivity contribution is 7.46. The summed E-state index contributed by atoms with van der Waals surface area (Å²) in [5.74, 6) is -0.0407. The Morgan fingerprint density at radius 3 is 1.18 bits per heavy atom. The number of unbranched alkanes of at least 4 members (excludes halogenated alkanes) is 28. The van der Waals surface area contributed by atoms with E-state index in [2.05, 4.69) is 25.3 Å². The number of phosphoric acid groups is 1. The van der Waals surface area contributed by atoms with E-state index >= 15 is 0 Å². The number of ether oxygens (including phenoxy) is 2. The van der Waals surface area contributed by atoms with Gasteiger partial charge in [-0.2, -0.15) is 0 Å². The highest BCUT2D eigenvalue weighted by Gasteiger charge is 2.23. The molecule has 1 atom stereocenters. The Balaban J connectivity index is 3.85. The molecule has 0 radical (unpaired) electrons. The lowest BCUT2D eigenvalue weighted by atomic mass is 10.0. The number of esters is 2. The molecule has 0 aliphatic rings. The van der Waals surface area contributed by atoms with Crippen LogP contribution in [0.4, 0.5) is 0 Å². The highest BCUT2D eigenvalue weighted by Crippen LogP contribution is 2.36. The molecular weight excluding hydrogens is 663 g/mol. The van der Waals surface area contributed by atoms with Gasteiger partial charge in [0.2, 0.25) is 0 Å². The second-order valence-corrected chi connectivity index (χ2v) is 16.8. The number of hydrogen-bond acceptors (Lipinski definition) is 6. The zero-order valence-corrected chi connectivity index (χ0v) is 34.6. The van der Waals surface area contributed by atoms with Crippen LogP contribution in [0.1, 0.15) is 233 Å². The molecule has 0 heterocycles. The fourth-order valence-electron chi connectivity index (χ4n) is 6.56. The summed E-state index contributed by atoms with van der Waals surface area (Å²) >= 11 is 0. The number of rotatable bonds is 40. The van der Waals surface area contributed by atoms with Crippen molar-refractivity contribution < 1.29 is 37.9 Å². The summed E-state index contributed by atoms with van der Waals surface area (Å²) in [6, 6.07) is 0. The minimum absolute atomic E-state index is 0.220. The van der Waals surface area contributed by atoms with Gasteiger partial charge < -0.3 is 19.3 Å². The van der Waals surface area contributed by atoms with Crippen LogP contribution in [0.15, 0.2) is 0 Å². The normalized spacial score (nSPS) is 12.4. The molecule has 0 fully saturated rings. The lowest BCUT2D eigenvalue weighted by molar-refractivity contribution is -0.161. The average Bonchev–Trinajstić information content (AvgIpc) is 3.08. The van der Waals surface area contributed by atoms with Gasteiger partial charge in [-0.15, -0.1) is 0 Å². The minimum atomic E-state index is -4.75. The second kappa shape index (κ2) is 37.4. The van der Waals surface area contributed by atoms with Gasteiger partial charge in [-0.25, -0.2) is 4.57 Å². The molecule has 0 saturated heterocycles. The third-order valence-corrected chi connectivity index (χ3v) is 10.3. The smallest absolute Gasteiger partial charge is 0.462 e. The van der Waals surface area contributed by atoms with Gasteiger partial charge in [0.1, 0.15) is 6.61 Å². The summed E-state index contributed by atoms with van der Waals surface area (Å²) in [4.78, 5) is 42.9. The van der Waals surface area contributed by atoms with Crippen molar-refractivity contribution in [3.8, 4) is 0 Å². The number of carbonyl (C=O) groups excluding carboxylic acids is 2. The Morgan fingerprint density at radius 1 is 0.490 bits per heavy atom. The predicted molar refractivity (Wildman–Crippen MR) is 212 cm³/mol. The number of phosphoric ester groups is 1. The summed E-state index contributed by atoms with van der Waals surface area (Å²) in [7, 11) is -4.75. The van der Waals surface area contributed by atoms with E-state index in [0.29, 0.717) is 6.42 Å². The molecule has 0 aromatic heterocycles. The van der Waals surface area contributed by atoms with Crippen molar-refractivity contribution in [2.24, 2.45) is 5.92 Å². The van der Waals surface area contributed by atoms with Crippen molar-refractivity contribution in [3.05, 3.63) is 0 Å². The monoisotopic (exact) mass is 747 g/mol. The van der Waals surface area contributed by atoms with Crippen LogP contribution in [0.3, 0.4) is 0 Å². The fraction of sp³-hybridized carbons (Fsp3) is 0.952. The van der Waals surface area contributed by atoms with Crippen molar-refractivity contribution >= 4 is 19.8 Å². The lowest BCUT2D eigenvalue weighted by Gasteiger charge is -2.18. The fourth-order valence-corrected chi connectivity index (χ4v) is 6.92. The predicted octanol–water partition coefficient (Wildman–Crippen LogP) is 13.1. The van der Waals surface area contributed by atoms with Gasteiger partial charge >= 0.3 is 19.8 Å². The van der Waals surface area contributed by atoms with Gasteiger partial charge in [0.05, 0.1) is 6.61 Å². The molecule has 0 aromatic rings. The van der Waals surface area contributed by atoms with Crippen LogP contribution >= 0.6 is 7.82 Å². The molecule has 0 aromatic carbocycles. The van der Waals surface area contributed by atoms with Crippen molar-refractivity contribution in [2.45, 2.75) is 239 Å². The molecule has 9 heteroatoms. The molecular formula is C42H83O8P. The molecule has 0 spiro atoms. The van der Waals surface area contributed by atoms with Crippen LogP contribution in [0, 0.1) is 5.92 Å². The molecule has 2 N–H and O–H groups in total. The Bertz CT molecular complexity index is 815. The van der Waals surface area contributed by atoms with E-state index in [-0.39, 0.29) is 19.4 Å². The lowest BCUT2D eigenvalue weighted by Crippen LogP contribution is -2.29. The molecule has 8 nitrogen and oxygen atoms in total. The van der Waals surface area contributed by atoms with Crippen LogP contribution in [0.2, 0.25) is 0 Å². The summed E-state index contributed by atoms with van der Waals surface area (Å²) in [6.07, 6.45) is 38.2. The van der Waals surface area contributed by atoms with Crippen LogP contribution in [-0.2, 0) is 28.2 Å². The third-order valence-electron chi connectivity index (χ3n) is 9.80. The molecule has 0 amide bonds. The topological polar surface area (TPSA) is 119 Å². The Labute approximate surface area is 315 Å². The largest absolute Gasteiger partial charge is 0.469 e. The van der Waals surface area contributed by atoms with Crippen molar-refractivity contribution in [3.63, 3.8) is 0 Å². The Morgan fingerprint density at radius 2 is 0.824 bits per heavy atom. The summed E-state index contributed by atoms with van der Waals surface area (Å²) in [5, 5.41) is 0. The first-order chi connectivity index (χ1) is 24.6. The Kier molecular flexibility index (Phi) is 36.7. The minimum Gasteiger partial charge on any atom is -0.462 e. The van der Waals surface area contributed by atoms with Crippen molar-refractivity contribution in [2.75, 3.05) is 13.2 Å². The van der Waals surface area contributed by atoms with Crippen molar-refractivity contribution in [1.82, 2.24) is 0 Å². The first kappa shape index (κ1) is 50.1. The maximum absolute atomic E-state index is 12.4. The summed E-state index contributed by atoms with van der Waals surface area (Å²) in [6.45, 7) is 6.06. The van der Waals surface area contributed by atoms with Crippen molar-refractivity contribution in [1.29, 1.82) is 0 Å². The van der Waals surface area contributed by atoms with Gasteiger partial charge in [0.15, 0.2) is 6.10 Å². The standard InChI is InChI=1S/C42H83O8P/c1-4-5-6-7-8-9-10-11-12-13-14-17-21-24-27-30-33-36-42(44)50-40(38-49-51(45,46)47)37-48-41(43)35-32-29-26-23-20-18-15-16-19-22-25-28-31-34-39(2)3/h39-40H,4-38H2,1-3H3,(H2,45,46,47)/t40-/m1/s1. The SMILES string of the molecule is CCCCCCCCCCCCCCCCCCCC(=O)O[C@H](COC(=O)CCCCCCCCCCCCCCCC(C)C)COP(=O)(O)O. The van der Waals surface area contributed by atoms with Gasteiger partial charge in [-0.1, -0.05) is 207 Å². The molecule has 0 saturated carbocycles. The molecule has 0 bridgehead atoms. The maximum Gasteiger partial charge on any atom is 0.469 e. The van der Waals surface area contributed by atoms with Gasteiger partial charge in [0.25, 0.3) is 0 Å². The quantitative estimate of drug-likeness (QED) is 0.0361. The van der Waals surface area contributed by atoms with E-state index in [9.17, 15) is 14.2 Å². The molecule has 0 rings (SSSR count). The molecule has 304 valence electrons. The molecule has 0 unspecified atom stereocenters. The average molecular weight is 747 g/mol. The highest BCUT2D eigenvalue weighted by atomic mass is 31.2. The van der Waals surface area contributed by atoms with Gasteiger partial charge in [-0.3, -0.25) is 14.1 Å². The van der Waals surface area contributed by atoms with E-state index in [4.69, 9.17) is 19.3 Å². The molecule has 0 aliphatic heterocycles. The number of carbonyl (C=O) groups is 2. The molecule has 51 heavy (non-hydrogen) atoms. The first-order valence-electron chi connectivity index (χ1n) is 21.7. The summed E-state index contributed by atoms with van der Waals surface area (Å²) in [5.41, 5.74) is 0. The maximum atomic E-state index is 12.4. The van der Waals surface area contributed by atoms with Crippen LogP contribution < -0.4 is 0 Å². The van der Waals surface area contributed by atoms with E-state index in [0.717, 1.165) is 38.0 Å². The Hall–Kier alpha value is -0.950. The van der Waals surface area contributed by atoms with Gasteiger partial charge in [0, 0.05) is 12.8 Å². The third kappa shape index (κ3) is 41.7. The van der Waals surface area contributed by atoms with E-state index in [1.54, 1.807) is 0 Å². The van der Waals surface area contributed by atoms with E-state index < -0.39 is 32.5 Å². The van der Waals surface area contributed by atoms with Crippen LogP contribution in [0.5, 0.6) is 0 Å².